The number of aryl methyl sites for hydroxylation is 3. The Morgan fingerprint density at radius 2 is 1.69 bits per heavy atom. The van der Waals surface area contributed by atoms with Gasteiger partial charge in [0, 0.05) is 11.7 Å². The fourth-order valence-corrected chi connectivity index (χ4v) is 3.98. The van der Waals surface area contributed by atoms with Crippen LogP contribution in [0.2, 0.25) is 0 Å². The van der Waals surface area contributed by atoms with E-state index in [2.05, 4.69) is 20.9 Å². The summed E-state index contributed by atoms with van der Waals surface area (Å²) in [5.74, 6) is -0.667. The minimum absolute atomic E-state index is 0.00610. The summed E-state index contributed by atoms with van der Waals surface area (Å²) in [5.41, 5.74) is 6.61. The molecule has 3 aromatic rings. The largest absolute Gasteiger partial charge is 0.349 e. The van der Waals surface area contributed by atoms with Gasteiger partial charge in [0.25, 0.3) is 17.4 Å². The Labute approximate surface area is 190 Å². The Bertz CT molecular complexity index is 1260. The first-order chi connectivity index (χ1) is 15.1. The lowest BCUT2D eigenvalue weighted by Gasteiger charge is -2.05. The standard InChI is InChI=1S/C23H27N5O3S/c1-12(2)24-21(29)18-9-10-19(32-18)22(30)26-25-15(5)20-16(6)27-28(23(20)31)17-8-7-13(3)14(4)11-17/h7-12,27H,1-6H3,(H,24,29)(H,26,30)/b25-15+. The predicted molar refractivity (Wildman–Crippen MR) is 127 cm³/mol. The highest BCUT2D eigenvalue weighted by Crippen LogP contribution is 2.17. The molecule has 0 atom stereocenters. The van der Waals surface area contributed by atoms with Crippen LogP contribution in [0.5, 0.6) is 0 Å². The molecule has 9 heteroatoms. The Morgan fingerprint density at radius 1 is 1.03 bits per heavy atom. The van der Waals surface area contributed by atoms with E-state index in [0.717, 1.165) is 28.2 Å². The molecule has 2 amide bonds. The second kappa shape index (κ2) is 9.35. The van der Waals surface area contributed by atoms with Crippen LogP contribution in [0.4, 0.5) is 0 Å². The summed E-state index contributed by atoms with van der Waals surface area (Å²) >= 11 is 1.08. The molecule has 2 heterocycles. The average Bonchev–Trinajstić information content (AvgIpc) is 3.33. The summed E-state index contributed by atoms with van der Waals surface area (Å²) in [6.07, 6.45) is 0. The minimum Gasteiger partial charge on any atom is -0.349 e. The van der Waals surface area contributed by atoms with E-state index in [1.807, 2.05) is 45.9 Å². The molecule has 8 nitrogen and oxygen atoms in total. The number of hydrogen-bond donors (Lipinski definition) is 3. The van der Waals surface area contributed by atoms with E-state index in [1.54, 1.807) is 26.0 Å². The van der Waals surface area contributed by atoms with Crippen LogP contribution in [0.25, 0.3) is 5.69 Å². The second-order valence-corrected chi connectivity index (χ2v) is 9.03. The van der Waals surface area contributed by atoms with Crippen LogP contribution in [-0.2, 0) is 0 Å². The molecule has 0 saturated carbocycles. The topological polar surface area (TPSA) is 108 Å². The zero-order valence-electron chi connectivity index (χ0n) is 19.0. The van der Waals surface area contributed by atoms with Crippen LogP contribution < -0.4 is 16.3 Å². The highest BCUT2D eigenvalue weighted by Gasteiger charge is 2.17. The molecular weight excluding hydrogens is 426 g/mol. The monoisotopic (exact) mass is 453 g/mol. The van der Waals surface area contributed by atoms with Crippen molar-refractivity contribution in [1.82, 2.24) is 20.5 Å². The van der Waals surface area contributed by atoms with Crippen LogP contribution in [0.3, 0.4) is 0 Å². The number of hydrogen-bond acceptors (Lipinski definition) is 5. The molecule has 0 saturated heterocycles. The molecule has 0 spiro atoms. The van der Waals surface area contributed by atoms with Gasteiger partial charge in [-0.1, -0.05) is 6.07 Å². The number of amides is 2. The smallest absolute Gasteiger partial charge is 0.281 e. The van der Waals surface area contributed by atoms with Crippen LogP contribution in [-0.4, -0.2) is 33.3 Å². The number of thiophene rings is 1. The maximum atomic E-state index is 13.0. The van der Waals surface area contributed by atoms with Crippen molar-refractivity contribution in [3.05, 3.63) is 72.8 Å². The summed E-state index contributed by atoms with van der Waals surface area (Å²) < 4.78 is 1.47. The number of carbonyl (C=O) groups is 2. The number of H-pyrrole nitrogens is 1. The lowest BCUT2D eigenvalue weighted by Crippen LogP contribution is -2.29. The lowest BCUT2D eigenvalue weighted by molar-refractivity contribution is 0.0944. The number of aromatic amines is 1. The number of carbonyl (C=O) groups excluding carboxylic acids is 2. The van der Waals surface area contributed by atoms with Crippen molar-refractivity contribution in [3.8, 4) is 5.69 Å². The van der Waals surface area contributed by atoms with E-state index >= 15 is 0 Å². The second-order valence-electron chi connectivity index (χ2n) is 7.95. The number of rotatable bonds is 6. The third kappa shape index (κ3) is 4.88. The number of hydrazone groups is 1. The SMILES string of the molecule is C/C(=N\NC(=O)c1ccc(C(=O)NC(C)C)s1)c1c(C)[nH]n(-c2ccc(C)c(C)c2)c1=O. The molecule has 168 valence electrons. The van der Waals surface area contributed by atoms with Gasteiger partial charge in [-0.05, 0) is 76.9 Å². The first-order valence-corrected chi connectivity index (χ1v) is 11.0. The average molecular weight is 454 g/mol. The fourth-order valence-electron chi connectivity index (χ4n) is 3.18. The normalized spacial score (nSPS) is 11.7. The van der Waals surface area contributed by atoms with Gasteiger partial charge in [0.1, 0.15) is 0 Å². The molecule has 0 bridgehead atoms. The maximum Gasteiger partial charge on any atom is 0.281 e. The van der Waals surface area contributed by atoms with Crippen molar-refractivity contribution >= 4 is 28.9 Å². The Balaban J connectivity index is 1.79. The molecule has 3 rings (SSSR count). The molecule has 0 aliphatic heterocycles. The van der Waals surface area contributed by atoms with Crippen molar-refractivity contribution in [1.29, 1.82) is 0 Å². The van der Waals surface area contributed by atoms with E-state index < -0.39 is 5.91 Å². The number of benzene rings is 1. The quantitative estimate of drug-likeness (QED) is 0.393. The summed E-state index contributed by atoms with van der Waals surface area (Å²) in [4.78, 5) is 38.4. The van der Waals surface area contributed by atoms with Crippen molar-refractivity contribution in [2.75, 3.05) is 0 Å². The highest BCUT2D eigenvalue weighted by atomic mass is 32.1. The molecule has 0 radical (unpaired) electrons. The highest BCUT2D eigenvalue weighted by molar-refractivity contribution is 7.15. The van der Waals surface area contributed by atoms with Crippen LogP contribution >= 0.6 is 11.3 Å². The van der Waals surface area contributed by atoms with Gasteiger partial charge < -0.3 is 5.32 Å². The van der Waals surface area contributed by atoms with Crippen LogP contribution in [0.15, 0.2) is 40.2 Å². The summed E-state index contributed by atoms with van der Waals surface area (Å²) in [5, 5.41) is 9.99. The molecule has 1 aromatic carbocycles. The molecule has 0 unspecified atom stereocenters. The Morgan fingerprint density at radius 3 is 2.31 bits per heavy atom. The van der Waals surface area contributed by atoms with Gasteiger partial charge in [-0.15, -0.1) is 11.3 Å². The molecule has 0 fully saturated rings. The van der Waals surface area contributed by atoms with E-state index in [0.29, 0.717) is 26.7 Å². The van der Waals surface area contributed by atoms with Crippen molar-refractivity contribution in [2.24, 2.45) is 5.10 Å². The van der Waals surface area contributed by atoms with Gasteiger partial charge in [-0.3, -0.25) is 19.5 Å². The summed E-state index contributed by atoms with van der Waals surface area (Å²) in [6, 6.07) is 8.97. The molecule has 0 aliphatic carbocycles. The molecule has 32 heavy (non-hydrogen) atoms. The third-order valence-electron chi connectivity index (χ3n) is 4.98. The van der Waals surface area contributed by atoms with Gasteiger partial charge >= 0.3 is 0 Å². The fraction of sp³-hybridized carbons (Fsp3) is 0.304. The van der Waals surface area contributed by atoms with Crippen molar-refractivity contribution < 1.29 is 9.59 Å². The van der Waals surface area contributed by atoms with Crippen molar-refractivity contribution in [3.63, 3.8) is 0 Å². The van der Waals surface area contributed by atoms with Gasteiger partial charge in [-0.2, -0.15) is 5.10 Å². The summed E-state index contributed by atoms with van der Waals surface area (Å²) in [6.45, 7) is 11.2. The van der Waals surface area contributed by atoms with E-state index in [1.165, 1.54) is 4.68 Å². The van der Waals surface area contributed by atoms with E-state index in [4.69, 9.17) is 0 Å². The van der Waals surface area contributed by atoms with Gasteiger partial charge in [0.05, 0.1) is 26.7 Å². The molecular formula is C23H27N5O3S. The van der Waals surface area contributed by atoms with E-state index in [9.17, 15) is 14.4 Å². The zero-order valence-corrected chi connectivity index (χ0v) is 19.8. The minimum atomic E-state index is -0.444. The van der Waals surface area contributed by atoms with Gasteiger partial charge in [0.2, 0.25) is 0 Å². The van der Waals surface area contributed by atoms with Crippen LogP contribution in [0, 0.1) is 20.8 Å². The summed E-state index contributed by atoms with van der Waals surface area (Å²) in [7, 11) is 0. The Kier molecular flexibility index (Phi) is 6.78. The first-order valence-electron chi connectivity index (χ1n) is 10.2. The van der Waals surface area contributed by atoms with E-state index in [-0.39, 0.29) is 17.5 Å². The van der Waals surface area contributed by atoms with Crippen LogP contribution in [0.1, 0.15) is 62.5 Å². The Hall–Kier alpha value is -3.46. The number of aromatic nitrogens is 2. The van der Waals surface area contributed by atoms with Gasteiger partial charge in [0.15, 0.2) is 0 Å². The maximum absolute atomic E-state index is 13.0. The predicted octanol–water partition coefficient (Wildman–Crippen LogP) is 3.44. The molecule has 0 aliphatic rings. The zero-order chi connectivity index (χ0) is 23.6. The third-order valence-corrected chi connectivity index (χ3v) is 6.06. The lowest BCUT2D eigenvalue weighted by atomic mass is 10.1. The first kappa shape index (κ1) is 23.2. The molecule has 3 N–H and O–H groups in total. The van der Waals surface area contributed by atoms with Crippen molar-refractivity contribution in [2.45, 2.75) is 47.6 Å². The van der Waals surface area contributed by atoms with Gasteiger partial charge in [-0.25, -0.2) is 10.1 Å². The molecule has 2 aromatic heterocycles. The number of nitrogens with one attached hydrogen (secondary N) is 3. The number of nitrogens with zero attached hydrogens (tertiary/aromatic N) is 2.